The molecule has 0 saturated carbocycles. The lowest BCUT2D eigenvalue weighted by atomic mass is 9.78. The van der Waals surface area contributed by atoms with Gasteiger partial charge in [0.25, 0.3) is 0 Å². The molecule has 0 amide bonds. The molecule has 0 aromatic carbocycles. The molecule has 96 valence electrons. The first-order chi connectivity index (χ1) is 7.28. The number of carbonyl (C=O) groups is 1. The fraction of sp³-hybridized carbons (Fsp3) is 0.929. The van der Waals surface area contributed by atoms with Crippen LogP contribution in [0, 0.1) is 17.3 Å². The van der Waals surface area contributed by atoms with Crippen LogP contribution in [0.2, 0.25) is 0 Å². The minimum absolute atomic E-state index is 0.0337. The van der Waals surface area contributed by atoms with Crippen molar-refractivity contribution < 1.29 is 9.53 Å². The van der Waals surface area contributed by atoms with E-state index in [2.05, 4.69) is 27.7 Å². The van der Waals surface area contributed by atoms with Crippen LogP contribution in [0.1, 0.15) is 60.8 Å². The summed E-state index contributed by atoms with van der Waals surface area (Å²) in [5.74, 6) is 0.696. The van der Waals surface area contributed by atoms with Crippen molar-refractivity contribution >= 4 is 5.97 Å². The summed E-state index contributed by atoms with van der Waals surface area (Å²) in [6, 6.07) is 0. The van der Waals surface area contributed by atoms with Gasteiger partial charge in [-0.25, -0.2) is 0 Å². The molecule has 0 saturated heterocycles. The van der Waals surface area contributed by atoms with E-state index in [9.17, 15) is 4.79 Å². The van der Waals surface area contributed by atoms with Crippen molar-refractivity contribution in [1.82, 2.24) is 0 Å². The average Bonchev–Trinajstić information content (AvgIpc) is 2.12. The van der Waals surface area contributed by atoms with E-state index in [0.29, 0.717) is 17.9 Å². The van der Waals surface area contributed by atoms with E-state index in [0.717, 1.165) is 12.8 Å². The van der Waals surface area contributed by atoms with Crippen LogP contribution < -0.4 is 0 Å². The molecule has 2 nitrogen and oxygen atoms in total. The molecule has 0 aliphatic rings. The fourth-order valence-corrected chi connectivity index (χ4v) is 2.22. The Labute approximate surface area is 101 Å². The van der Waals surface area contributed by atoms with E-state index in [-0.39, 0.29) is 11.9 Å². The summed E-state index contributed by atoms with van der Waals surface area (Å²) in [6.07, 6.45) is 3.23. The molecule has 0 N–H and O–H groups in total. The van der Waals surface area contributed by atoms with E-state index in [1.807, 2.05) is 13.8 Å². The van der Waals surface area contributed by atoms with Crippen LogP contribution in [0.15, 0.2) is 0 Å². The Morgan fingerprint density at radius 1 is 1.25 bits per heavy atom. The molecule has 0 aromatic heterocycles. The van der Waals surface area contributed by atoms with E-state index < -0.39 is 0 Å². The maximum Gasteiger partial charge on any atom is 0.308 e. The van der Waals surface area contributed by atoms with Gasteiger partial charge in [0.05, 0.1) is 12.5 Å². The minimum Gasteiger partial charge on any atom is -0.466 e. The van der Waals surface area contributed by atoms with Crippen molar-refractivity contribution in [3.8, 4) is 0 Å². The molecule has 2 heteroatoms. The molecular weight excluding hydrogens is 200 g/mol. The number of ether oxygens (including phenoxy) is 1. The number of carbonyl (C=O) groups excluding carboxylic acids is 1. The lowest BCUT2D eigenvalue weighted by Crippen LogP contribution is -2.20. The fourth-order valence-electron chi connectivity index (χ4n) is 2.22. The largest absolute Gasteiger partial charge is 0.466 e. The second-order valence-electron chi connectivity index (χ2n) is 5.95. The first-order valence-electron chi connectivity index (χ1n) is 6.45. The molecule has 0 aliphatic heterocycles. The molecule has 0 spiro atoms. The van der Waals surface area contributed by atoms with E-state index in [1.165, 1.54) is 6.42 Å². The SMILES string of the molecule is CCOC(=O)C(C)CCC(C)(C)CC(C)C. The summed E-state index contributed by atoms with van der Waals surface area (Å²) >= 11 is 0. The number of esters is 1. The van der Waals surface area contributed by atoms with E-state index >= 15 is 0 Å². The van der Waals surface area contributed by atoms with E-state index in [1.54, 1.807) is 0 Å². The maximum atomic E-state index is 11.5. The Balaban J connectivity index is 3.98. The highest BCUT2D eigenvalue weighted by atomic mass is 16.5. The van der Waals surface area contributed by atoms with Gasteiger partial charge in [-0.05, 0) is 37.5 Å². The second-order valence-corrected chi connectivity index (χ2v) is 5.95. The lowest BCUT2D eigenvalue weighted by Gasteiger charge is -2.27. The van der Waals surface area contributed by atoms with Crippen LogP contribution in [0.4, 0.5) is 0 Å². The molecule has 0 heterocycles. The highest BCUT2D eigenvalue weighted by molar-refractivity contribution is 5.71. The number of hydrogen-bond acceptors (Lipinski definition) is 2. The maximum absolute atomic E-state index is 11.5. The van der Waals surface area contributed by atoms with Crippen LogP contribution in [0.5, 0.6) is 0 Å². The second kappa shape index (κ2) is 6.93. The molecule has 0 aromatic rings. The predicted octanol–water partition coefficient (Wildman–Crippen LogP) is 4.04. The molecule has 1 unspecified atom stereocenters. The van der Waals surface area contributed by atoms with Crippen molar-refractivity contribution in [2.75, 3.05) is 6.61 Å². The van der Waals surface area contributed by atoms with Crippen LogP contribution in [0.25, 0.3) is 0 Å². The lowest BCUT2D eigenvalue weighted by molar-refractivity contribution is -0.147. The quantitative estimate of drug-likeness (QED) is 0.615. The monoisotopic (exact) mass is 228 g/mol. The Hall–Kier alpha value is -0.530. The van der Waals surface area contributed by atoms with Crippen molar-refractivity contribution in [3.05, 3.63) is 0 Å². The Morgan fingerprint density at radius 3 is 2.25 bits per heavy atom. The van der Waals surface area contributed by atoms with Gasteiger partial charge in [-0.3, -0.25) is 4.79 Å². The van der Waals surface area contributed by atoms with Crippen molar-refractivity contribution in [3.63, 3.8) is 0 Å². The average molecular weight is 228 g/mol. The highest BCUT2D eigenvalue weighted by Crippen LogP contribution is 2.32. The Morgan fingerprint density at radius 2 is 1.81 bits per heavy atom. The van der Waals surface area contributed by atoms with Crippen molar-refractivity contribution in [1.29, 1.82) is 0 Å². The van der Waals surface area contributed by atoms with Gasteiger partial charge in [-0.2, -0.15) is 0 Å². The highest BCUT2D eigenvalue weighted by Gasteiger charge is 2.22. The zero-order valence-electron chi connectivity index (χ0n) is 11.8. The Kier molecular flexibility index (Phi) is 6.70. The van der Waals surface area contributed by atoms with Crippen LogP contribution >= 0.6 is 0 Å². The summed E-state index contributed by atoms with van der Waals surface area (Å²) in [7, 11) is 0. The standard InChI is InChI=1S/C14H28O2/c1-7-16-13(15)12(4)8-9-14(5,6)10-11(2)3/h11-12H,7-10H2,1-6H3. The predicted molar refractivity (Wildman–Crippen MR) is 68.3 cm³/mol. The van der Waals surface area contributed by atoms with Gasteiger partial charge in [0.15, 0.2) is 0 Å². The minimum atomic E-state index is -0.0529. The number of rotatable bonds is 7. The van der Waals surface area contributed by atoms with Gasteiger partial charge < -0.3 is 4.74 Å². The van der Waals surface area contributed by atoms with Crippen molar-refractivity contribution in [2.45, 2.75) is 60.8 Å². The molecule has 1 atom stereocenters. The van der Waals surface area contributed by atoms with Gasteiger partial charge in [0, 0.05) is 0 Å². The normalized spacial score (nSPS) is 13.9. The van der Waals surface area contributed by atoms with Gasteiger partial charge in [0.1, 0.15) is 0 Å². The molecule has 0 rings (SSSR count). The van der Waals surface area contributed by atoms with Crippen LogP contribution in [-0.4, -0.2) is 12.6 Å². The first-order valence-corrected chi connectivity index (χ1v) is 6.45. The summed E-state index contributed by atoms with van der Waals surface area (Å²) in [5, 5.41) is 0. The molecule has 16 heavy (non-hydrogen) atoms. The van der Waals surface area contributed by atoms with Crippen LogP contribution in [-0.2, 0) is 9.53 Å². The molecule has 0 aliphatic carbocycles. The number of hydrogen-bond donors (Lipinski definition) is 0. The third-order valence-electron chi connectivity index (χ3n) is 2.90. The molecular formula is C14H28O2. The third-order valence-corrected chi connectivity index (χ3v) is 2.90. The zero-order valence-corrected chi connectivity index (χ0v) is 11.8. The third kappa shape index (κ3) is 6.86. The molecule has 0 radical (unpaired) electrons. The van der Waals surface area contributed by atoms with E-state index in [4.69, 9.17) is 4.74 Å². The first kappa shape index (κ1) is 15.5. The van der Waals surface area contributed by atoms with Gasteiger partial charge >= 0.3 is 5.97 Å². The topological polar surface area (TPSA) is 26.3 Å². The smallest absolute Gasteiger partial charge is 0.308 e. The molecule has 0 bridgehead atoms. The summed E-state index contributed by atoms with van der Waals surface area (Å²) in [4.78, 5) is 11.5. The molecule has 0 fully saturated rings. The van der Waals surface area contributed by atoms with Crippen LogP contribution in [0.3, 0.4) is 0 Å². The Bertz CT molecular complexity index is 207. The van der Waals surface area contributed by atoms with Gasteiger partial charge in [0.2, 0.25) is 0 Å². The zero-order chi connectivity index (χ0) is 12.8. The van der Waals surface area contributed by atoms with Gasteiger partial charge in [-0.15, -0.1) is 0 Å². The summed E-state index contributed by atoms with van der Waals surface area (Å²) in [5.41, 5.74) is 0.328. The van der Waals surface area contributed by atoms with Gasteiger partial charge in [-0.1, -0.05) is 34.6 Å². The van der Waals surface area contributed by atoms with Crippen molar-refractivity contribution in [2.24, 2.45) is 17.3 Å². The summed E-state index contributed by atoms with van der Waals surface area (Å²) < 4.78 is 5.01. The summed E-state index contributed by atoms with van der Waals surface area (Å²) in [6.45, 7) is 13.4.